The Morgan fingerprint density at radius 2 is 1.94 bits per heavy atom. The summed E-state index contributed by atoms with van der Waals surface area (Å²) in [6, 6.07) is 18.6. The molecule has 2 amide bonds. The van der Waals surface area contributed by atoms with Crippen LogP contribution in [0.5, 0.6) is 0 Å². The molecule has 3 aliphatic rings. The first-order valence-electron chi connectivity index (χ1n) is 13.0. The van der Waals surface area contributed by atoms with Crippen LogP contribution in [-0.2, 0) is 19.3 Å². The predicted molar refractivity (Wildman–Crippen MR) is 134 cm³/mol. The molecule has 1 N–H and O–H groups in total. The van der Waals surface area contributed by atoms with Crippen molar-refractivity contribution >= 4 is 6.03 Å². The number of hydrogen-bond donors (Lipinski definition) is 1. The van der Waals surface area contributed by atoms with E-state index in [1.165, 1.54) is 29.5 Å². The molecule has 4 nitrogen and oxygen atoms in total. The summed E-state index contributed by atoms with van der Waals surface area (Å²) in [5, 5.41) is 3.22. The van der Waals surface area contributed by atoms with E-state index in [1.54, 1.807) is 5.56 Å². The van der Waals surface area contributed by atoms with Crippen molar-refractivity contribution in [3.8, 4) is 0 Å². The minimum Gasteiger partial charge on any atom is -0.338 e. The maximum Gasteiger partial charge on any atom is 0.317 e. The van der Waals surface area contributed by atoms with E-state index in [2.05, 4.69) is 71.4 Å². The van der Waals surface area contributed by atoms with E-state index in [-0.39, 0.29) is 6.03 Å². The average molecular weight is 446 g/mol. The van der Waals surface area contributed by atoms with E-state index in [0.717, 1.165) is 45.3 Å². The van der Waals surface area contributed by atoms with Gasteiger partial charge in [-0.2, -0.15) is 0 Å². The number of nitrogens with one attached hydrogen (secondary N) is 1. The molecule has 2 aromatic rings. The van der Waals surface area contributed by atoms with Gasteiger partial charge in [-0.15, -0.1) is 0 Å². The van der Waals surface area contributed by atoms with Crippen LogP contribution in [0.15, 0.2) is 48.5 Å². The number of piperidine rings is 2. The first kappa shape index (κ1) is 22.5. The molecule has 3 aliphatic heterocycles. The topological polar surface area (TPSA) is 35.6 Å². The van der Waals surface area contributed by atoms with Crippen molar-refractivity contribution in [2.75, 3.05) is 26.2 Å². The van der Waals surface area contributed by atoms with Gasteiger partial charge < -0.3 is 10.2 Å². The summed E-state index contributed by atoms with van der Waals surface area (Å²) < 4.78 is 0. The summed E-state index contributed by atoms with van der Waals surface area (Å²) in [4.78, 5) is 18.1. The zero-order chi connectivity index (χ0) is 22.8. The number of likely N-dealkylation sites (tertiary alicyclic amines) is 1. The molecule has 2 fully saturated rings. The largest absolute Gasteiger partial charge is 0.338 e. The summed E-state index contributed by atoms with van der Waals surface area (Å²) in [6.07, 6.45) is 6.66. The molecule has 0 radical (unpaired) electrons. The number of benzene rings is 2. The van der Waals surface area contributed by atoms with Crippen molar-refractivity contribution in [3.63, 3.8) is 0 Å². The van der Waals surface area contributed by atoms with Gasteiger partial charge in [0.1, 0.15) is 0 Å². The van der Waals surface area contributed by atoms with Crippen LogP contribution in [0.1, 0.15) is 61.4 Å². The summed E-state index contributed by atoms with van der Waals surface area (Å²) >= 11 is 0. The maximum atomic E-state index is 13.2. The summed E-state index contributed by atoms with van der Waals surface area (Å²) in [5.74, 6) is 1.30. The lowest BCUT2D eigenvalue weighted by Gasteiger charge is -2.52. The highest BCUT2D eigenvalue weighted by Gasteiger charge is 2.43. The molecule has 2 saturated heterocycles. The van der Waals surface area contributed by atoms with E-state index < -0.39 is 0 Å². The van der Waals surface area contributed by atoms with Gasteiger partial charge in [-0.25, -0.2) is 4.79 Å². The Morgan fingerprint density at radius 1 is 1.09 bits per heavy atom. The monoisotopic (exact) mass is 445 g/mol. The van der Waals surface area contributed by atoms with Gasteiger partial charge in [-0.1, -0.05) is 62.4 Å². The molecule has 0 aliphatic carbocycles. The van der Waals surface area contributed by atoms with Gasteiger partial charge in [0.15, 0.2) is 0 Å². The van der Waals surface area contributed by atoms with Gasteiger partial charge in [0.25, 0.3) is 0 Å². The van der Waals surface area contributed by atoms with Crippen molar-refractivity contribution in [2.45, 2.75) is 64.5 Å². The third kappa shape index (κ3) is 4.96. The third-order valence-corrected chi connectivity index (χ3v) is 7.97. The van der Waals surface area contributed by atoms with Crippen LogP contribution in [0.25, 0.3) is 0 Å². The van der Waals surface area contributed by atoms with Gasteiger partial charge in [-0.05, 0) is 72.6 Å². The molecule has 33 heavy (non-hydrogen) atoms. The van der Waals surface area contributed by atoms with Crippen LogP contribution >= 0.6 is 0 Å². The zero-order valence-electron chi connectivity index (χ0n) is 20.3. The maximum absolute atomic E-state index is 13.2. The van der Waals surface area contributed by atoms with Gasteiger partial charge in [0.05, 0.1) is 0 Å². The molecule has 0 bridgehead atoms. The van der Waals surface area contributed by atoms with Gasteiger partial charge >= 0.3 is 6.03 Å². The van der Waals surface area contributed by atoms with Gasteiger partial charge in [0, 0.05) is 38.3 Å². The van der Waals surface area contributed by atoms with E-state index in [0.29, 0.717) is 30.5 Å². The molecule has 4 heteroatoms. The highest BCUT2D eigenvalue weighted by atomic mass is 16.2. The molecule has 176 valence electrons. The van der Waals surface area contributed by atoms with Crippen molar-refractivity contribution in [1.29, 1.82) is 0 Å². The normalized spacial score (nSPS) is 24.7. The molecular weight excluding hydrogens is 406 g/mol. The minimum absolute atomic E-state index is 0.136. The number of carbonyl (C=O) groups excluding carboxylic acids is 1. The lowest BCUT2D eigenvalue weighted by Crippen LogP contribution is -2.59. The van der Waals surface area contributed by atoms with E-state index in [4.69, 9.17) is 0 Å². The second-order valence-corrected chi connectivity index (χ2v) is 10.8. The Kier molecular flexibility index (Phi) is 6.73. The first-order chi connectivity index (χ1) is 16.1. The van der Waals surface area contributed by atoms with Crippen molar-refractivity contribution < 1.29 is 4.79 Å². The van der Waals surface area contributed by atoms with Crippen LogP contribution in [0.3, 0.4) is 0 Å². The zero-order valence-corrected chi connectivity index (χ0v) is 20.3. The summed E-state index contributed by atoms with van der Waals surface area (Å²) in [6.45, 7) is 8.49. The Labute approximate surface area is 199 Å². The van der Waals surface area contributed by atoms with E-state index in [1.807, 2.05) is 6.07 Å². The van der Waals surface area contributed by atoms with Gasteiger partial charge in [-0.3, -0.25) is 4.90 Å². The standard InChI is InChI=1S/C29H39N3O/c1-21(2)17-23-10-11-26-24(18-23)13-16-31-20-25-9-6-15-32(27(25)19-28(26)31)29(33)30-14-12-22-7-4-3-5-8-22/h3-5,7-8,10-11,18,21,25,27-28H,6,9,12-17,19-20H2,1-2H3,(H,30,33)/t25-,27+,28+/m1/s1. The summed E-state index contributed by atoms with van der Waals surface area (Å²) in [7, 11) is 0. The fourth-order valence-corrected chi connectivity index (χ4v) is 6.42. The van der Waals surface area contributed by atoms with Crippen LogP contribution < -0.4 is 5.32 Å². The van der Waals surface area contributed by atoms with E-state index in [9.17, 15) is 4.79 Å². The molecule has 2 aromatic carbocycles. The highest BCUT2D eigenvalue weighted by molar-refractivity contribution is 5.74. The second kappa shape index (κ2) is 9.89. The smallest absolute Gasteiger partial charge is 0.317 e. The number of amides is 2. The lowest BCUT2D eigenvalue weighted by atomic mass is 9.76. The Bertz CT molecular complexity index is 957. The van der Waals surface area contributed by atoms with Crippen LogP contribution in [0, 0.1) is 11.8 Å². The molecule has 0 aromatic heterocycles. The second-order valence-electron chi connectivity index (χ2n) is 10.8. The molecule has 0 saturated carbocycles. The Hall–Kier alpha value is -2.33. The Balaban J connectivity index is 1.27. The fraction of sp³-hybridized carbons (Fsp3) is 0.552. The number of nitrogens with zero attached hydrogens (tertiary/aromatic N) is 2. The number of carbonyl (C=O) groups is 1. The molecule has 0 unspecified atom stereocenters. The third-order valence-electron chi connectivity index (χ3n) is 7.97. The fourth-order valence-electron chi connectivity index (χ4n) is 6.42. The lowest BCUT2D eigenvalue weighted by molar-refractivity contribution is 0.00578. The first-order valence-corrected chi connectivity index (χ1v) is 13.0. The van der Waals surface area contributed by atoms with Crippen LogP contribution in [0.2, 0.25) is 0 Å². The highest BCUT2D eigenvalue weighted by Crippen LogP contribution is 2.43. The van der Waals surface area contributed by atoms with Crippen molar-refractivity contribution in [3.05, 3.63) is 70.8 Å². The average Bonchev–Trinajstić information content (AvgIpc) is 2.82. The number of fused-ring (bicyclic) bond motifs is 4. The van der Waals surface area contributed by atoms with Crippen molar-refractivity contribution in [2.24, 2.45) is 11.8 Å². The molecule has 0 spiro atoms. The SMILES string of the molecule is CC(C)Cc1ccc2c(c1)CCN1C[C@H]3CCCN(C(=O)NCCc4ccccc4)[C@H]3C[C@@H]21. The number of hydrogen-bond acceptors (Lipinski definition) is 2. The molecule has 3 heterocycles. The minimum atomic E-state index is 0.136. The van der Waals surface area contributed by atoms with Crippen molar-refractivity contribution in [1.82, 2.24) is 15.1 Å². The number of urea groups is 1. The van der Waals surface area contributed by atoms with Crippen LogP contribution in [-0.4, -0.2) is 48.1 Å². The molecule has 3 atom stereocenters. The quantitative estimate of drug-likeness (QED) is 0.685. The van der Waals surface area contributed by atoms with E-state index >= 15 is 0 Å². The number of rotatable bonds is 5. The van der Waals surface area contributed by atoms with Crippen LogP contribution in [0.4, 0.5) is 4.79 Å². The predicted octanol–water partition coefficient (Wildman–Crippen LogP) is 5.22. The van der Waals surface area contributed by atoms with Gasteiger partial charge in [0.2, 0.25) is 0 Å². The molecule has 5 rings (SSSR count). The Morgan fingerprint density at radius 3 is 2.76 bits per heavy atom. The summed E-state index contributed by atoms with van der Waals surface area (Å²) in [5.41, 5.74) is 5.81. The molecular formula is C29H39N3O.